The van der Waals surface area contributed by atoms with Crippen molar-refractivity contribution >= 4 is 17.6 Å². The molecule has 82 valence electrons. The summed E-state index contributed by atoms with van der Waals surface area (Å²) < 4.78 is 0. The second-order valence-corrected chi connectivity index (χ2v) is 4.05. The van der Waals surface area contributed by atoms with Crippen LogP contribution >= 0.6 is 11.6 Å². The molecule has 0 fully saturated rings. The lowest BCUT2D eigenvalue weighted by molar-refractivity contribution is -0.142. The van der Waals surface area contributed by atoms with Gasteiger partial charge in [0.2, 0.25) is 0 Å². The Morgan fingerprint density at radius 1 is 1.53 bits per heavy atom. The number of carbonyl (C=O) groups is 1. The van der Waals surface area contributed by atoms with E-state index >= 15 is 0 Å². The molecule has 0 saturated heterocycles. The van der Waals surface area contributed by atoms with Gasteiger partial charge in [0.15, 0.2) is 0 Å². The Kier molecular flexibility index (Phi) is 4.63. The Labute approximate surface area is 94.9 Å². The minimum Gasteiger partial charge on any atom is -0.481 e. The van der Waals surface area contributed by atoms with Crippen molar-refractivity contribution in [3.63, 3.8) is 0 Å². The van der Waals surface area contributed by atoms with Crippen molar-refractivity contribution in [2.45, 2.75) is 26.2 Å². The minimum atomic E-state index is -0.709. The summed E-state index contributed by atoms with van der Waals surface area (Å²) in [6.45, 7) is 1.90. The van der Waals surface area contributed by atoms with E-state index in [4.69, 9.17) is 16.7 Å². The zero-order valence-electron chi connectivity index (χ0n) is 8.74. The molecule has 0 aliphatic carbocycles. The van der Waals surface area contributed by atoms with E-state index in [1.54, 1.807) is 0 Å². The number of halogens is 1. The number of rotatable bonds is 5. The van der Waals surface area contributed by atoms with Gasteiger partial charge in [-0.15, -0.1) is 0 Å². The molecule has 0 aromatic heterocycles. The van der Waals surface area contributed by atoms with Crippen LogP contribution < -0.4 is 0 Å². The highest BCUT2D eigenvalue weighted by molar-refractivity contribution is 6.30. The number of benzene rings is 1. The van der Waals surface area contributed by atoms with E-state index in [0.29, 0.717) is 17.9 Å². The standard InChI is InChI=1S/C12H15ClO2/c1-2-10(12(14)15)7-6-9-4-3-5-11(13)8-9/h3-5,8,10H,2,6-7H2,1H3,(H,14,15). The van der Waals surface area contributed by atoms with Gasteiger partial charge < -0.3 is 5.11 Å². The Balaban J connectivity index is 2.52. The first-order valence-corrected chi connectivity index (χ1v) is 5.48. The van der Waals surface area contributed by atoms with Gasteiger partial charge >= 0.3 is 5.97 Å². The fourth-order valence-corrected chi connectivity index (χ4v) is 1.75. The number of carboxylic acids is 1. The molecule has 1 unspecified atom stereocenters. The highest BCUT2D eigenvalue weighted by atomic mass is 35.5. The molecule has 0 saturated carbocycles. The summed E-state index contributed by atoms with van der Waals surface area (Å²) in [6, 6.07) is 7.56. The summed E-state index contributed by atoms with van der Waals surface area (Å²) in [6.07, 6.45) is 2.12. The van der Waals surface area contributed by atoms with Crippen molar-refractivity contribution in [2.75, 3.05) is 0 Å². The lowest BCUT2D eigenvalue weighted by Gasteiger charge is -2.09. The number of aliphatic carboxylic acids is 1. The fraction of sp³-hybridized carbons (Fsp3) is 0.417. The van der Waals surface area contributed by atoms with E-state index < -0.39 is 5.97 Å². The molecule has 0 aliphatic heterocycles. The molecule has 1 atom stereocenters. The first-order chi connectivity index (χ1) is 7.13. The maximum absolute atomic E-state index is 10.8. The number of hydrogen-bond donors (Lipinski definition) is 1. The third kappa shape index (κ3) is 3.92. The third-order valence-electron chi connectivity index (χ3n) is 2.51. The molecular weight excluding hydrogens is 212 g/mol. The van der Waals surface area contributed by atoms with Crippen LogP contribution in [0.15, 0.2) is 24.3 Å². The largest absolute Gasteiger partial charge is 0.481 e. The van der Waals surface area contributed by atoms with Gasteiger partial charge in [-0.2, -0.15) is 0 Å². The van der Waals surface area contributed by atoms with Crippen molar-refractivity contribution in [3.05, 3.63) is 34.9 Å². The maximum atomic E-state index is 10.8. The molecule has 1 rings (SSSR count). The summed E-state index contributed by atoms with van der Waals surface area (Å²) in [5.41, 5.74) is 1.10. The second-order valence-electron chi connectivity index (χ2n) is 3.61. The molecule has 0 bridgehead atoms. The highest BCUT2D eigenvalue weighted by Gasteiger charge is 2.14. The van der Waals surface area contributed by atoms with Gasteiger partial charge in [-0.05, 0) is 37.0 Å². The Morgan fingerprint density at radius 3 is 2.80 bits per heavy atom. The zero-order valence-corrected chi connectivity index (χ0v) is 9.50. The van der Waals surface area contributed by atoms with Crippen molar-refractivity contribution in [1.29, 1.82) is 0 Å². The Morgan fingerprint density at radius 2 is 2.27 bits per heavy atom. The van der Waals surface area contributed by atoms with Crippen LogP contribution in [0, 0.1) is 5.92 Å². The van der Waals surface area contributed by atoms with Gasteiger partial charge in [-0.25, -0.2) is 0 Å². The molecule has 0 amide bonds. The van der Waals surface area contributed by atoms with E-state index in [0.717, 1.165) is 12.0 Å². The van der Waals surface area contributed by atoms with Crippen LogP contribution in [-0.2, 0) is 11.2 Å². The summed E-state index contributed by atoms with van der Waals surface area (Å²) in [5, 5.41) is 9.58. The number of aryl methyl sites for hydroxylation is 1. The van der Waals surface area contributed by atoms with E-state index in [9.17, 15) is 4.79 Å². The van der Waals surface area contributed by atoms with Gasteiger partial charge in [0, 0.05) is 5.02 Å². The monoisotopic (exact) mass is 226 g/mol. The van der Waals surface area contributed by atoms with Crippen LogP contribution in [0.2, 0.25) is 5.02 Å². The number of carboxylic acid groups (broad SMARTS) is 1. The van der Waals surface area contributed by atoms with Crippen LogP contribution in [0.3, 0.4) is 0 Å². The van der Waals surface area contributed by atoms with Gasteiger partial charge in [0.05, 0.1) is 5.92 Å². The van der Waals surface area contributed by atoms with Gasteiger partial charge in [0.25, 0.3) is 0 Å². The van der Waals surface area contributed by atoms with Crippen LogP contribution in [0.5, 0.6) is 0 Å². The van der Waals surface area contributed by atoms with Crippen molar-refractivity contribution in [3.8, 4) is 0 Å². The van der Waals surface area contributed by atoms with E-state index in [2.05, 4.69) is 0 Å². The van der Waals surface area contributed by atoms with Crippen LogP contribution in [0.1, 0.15) is 25.3 Å². The van der Waals surface area contributed by atoms with Crippen LogP contribution in [0.25, 0.3) is 0 Å². The SMILES string of the molecule is CCC(CCc1cccc(Cl)c1)C(=O)O. The summed E-state index contributed by atoms with van der Waals surface area (Å²) in [4.78, 5) is 10.8. The predicted octanol–water partition coefficient (Wildman–Crippen LogP) is 3.38. The Bertz CT molecular complexity index is 336. The minimum absolute atomic E-state index is 0.246. The summed E-state index contributed by atoms with van der Waals surface area (Å²) in [5.74, 6) is -0.955. The molecule has 0 heterocycles. The first-order valence-electron chi connectivity index (χ1n) is 5.10. The maximum Gasteiger partial charge on any atom is 0.306 e. The van der Waals surface area contributed by atoms with E-state index in [1.807, 2.05) is 31.2 Å². The average molecular weight is 227 g/mol. The predicted molar refractivity (Wildman–Crippen MR) is 61.2 cm³/mol. The molecule has 0 spiro atoms. The molecule has 0 radical (unpaired) electrons. The van der Waals surface area contributed by atoms with Crippen molar-refractivity contribution in [2.24, 2.45) is 5.92 Å². The fourth-order valence-electron chi connectivity index (χ4n) is 1.54. The third-order valence-corrected chi connectivity index (χ3v) is 2.75. The summed E-state index contributed by atoms with van der Waals surface area (Å²) >= 11 is 5.84. The van der Waals surface area contributed by atoms with Crippen molar-refractivity contribution < 1.29 is 9.90 Å². The normalized spacial score (nSPS) is 12.4. The molecule has 1 aromatic carbocycles. The molecule has 3 heteroatoms. The molecule has 1 N–H and O–H groups in total. The highest BCUT2D eigenvalue weighted by Crippen LogP contribution is 2.16. The first kappa shape index (κ1) is 12.1. The molecule has 15 heavy (non-hydrogen) atoms. The smallest absolute Gasteiger partial charge is 0.306 e. The number of hydrogen-bond acceptors (Lipinski definition) is 1. The lowest BCUT2D eigenvalue weighted by atomic mass is 9.97. The topological polar surface area (TPSA) is 37.3 Å². The zero-order chi connectivity index (χ0) is 11.3. The van der Waals surface area contributed by atoms with E-state index in [1.165, 1.54) is 0 Å². The average Bonchev–Trinajstić information content (AvgIpc) is 2.18. The van der Waals surface area contributed by atoms with Crippen LogP contribution in [-0.4, -0.2) is 11.1 Å². The van der Waals surface area contributed by atoms with Crippen LogP contribution in [0.4, 0.5) is 0 Å². The molecule has 0 aliphatic rings. The van der Waals surface area contributed by atoms with Gasteiger partial charge in [0.1, 0.15) is 0 Å². The quantitative estimate of drug-likeness (QED) is 0.836. The van der Waals surface area contributed by atoms with Gasteiger partial charge in [-0.1, -0.05) is 30.7 Å². The molecular formula is C12H15ClO2. The Hall–Kier alpha value is -1.02. The van der Waals surface area contributed by atoms with E-state index in [-0.39, 0.29) is 5.92 Å². The lowest BCUT2D eigenvalue weighted by Crippen LogP contribution is -2.13. The molecule has 1 aromatic rings. The van der Waals surface area contributed by atoms with Gasteiger partial charge in [-0.3, -0.25) is 4.79 Å². The summed E-state index contributed by atoms with van der Waals surface area (Å²) in [7, 11) is 0. The molecule has 2 nitrogen and oxygen atoms in total. The second kappa shape index (κ2) is 5.76. The van der Waals surface area contributed by atoms with Crippen molar-refractivity contribution in [1.82, 2.24) is 0 Å².